The molecule has 1 aliphatic carbocycles. The molecule has 1 saturated heterocycles. The van der Waals surface area contributed by atoms with Crippen molar-refractivity contribution in [1.82, 2.24) is 0 Å². The van der Waals surface area contributed by atoms with Gasteiger partial charge in [0, 0.05) is 28.9 Å². The lowest BCUT2D eigenvalue weighted by molar-refractivity contribution is -0.192. The molecule has 35 heavy (non-hydrogen) atoms. The summed E-state index contributed by atoms with van der Waals surface area (Å²) in [4.78, 5) is 48.9. The van der Waals surface area contributed by atoms with E-state index in [1.165, 1.54) is 0 Å². The summed E-state index contributed by atoms with van der Waals surface area (Å²) in [5.74, 6) is -3.47. The molecule has 2 aromatic carbocycles. The molecule has 2 aliphatic rings. The summed E-state index contributed by atoms with van der Waals surface area (Å²) in [6.45, 7) is 2.53. The fourth-order valence-corrected chi connectivity index (χ4v) is 4.00. The molecule has 0 aromatic heterocycles. The Kier molecular flexibility index (Phi) is 7.59. The van der Waals surface area contributed by atoms with Gasteiger partial charge in [0.05, 0.1) is 11.6 Å². The molecule has 186 valence electrons. The van der Waals surface area contributed by atoms with E-state index >= 15 is 0 Å². The minimum absolute atomic E-state index is 0.0470. The highest BCUT2D eigenvalue weighted by Crippen LogP contribution is 2.36. The van der Waals surface area contributed by atoms with Crippen LogP contribution in [0.25, 0.3) is 0 Å². The van der Waals surface area contributed by atoms with E-state index in [0.29, 0.717) is 22.3 Å². The highest BCUT2D eigenvalue weighted by atomic mass is 19.4. The summed E-state index contributed by atoms with van der Waals surface area (Å²) < 4.78 is 37.1. The van der Waals surface area contributed by atoms with Crippen LogP contribution < -0.4 is 10.6 Å². The molecule has 8 nitrogen and oxygen atoms in total. The summed E-state index contributed by atoms with van der Waals surface area (Å²) in [5.41, 5.74) is 8.05. The maximum atomic E-state index is 13.2. The van der Waals surface area contributed by atoms with Gasteiger partial charge in [0.15, 0.2) is 11.6 Å². The Morgan fingerprint density at radius 1 is 1.09 bits per heavy atom. The largest absolute Gasteiger partial charge is 0.490 e. The van der Waals surface area contributed by atoms with Gasteiger partial charge in [-0.3, -0.25) is 14.4 Å². The predicted molar refractivity (Wildman–Crippen MR) is 118 cm³/mol. The number of benzene rings is 2. The van der Waals surface area contributed by atoms with E-state index in [-0.39, 0.29) is 24.2 Å². The number of alkyl halides is 3. The number of halogens is 3. The van der Waals surface area contributed by atoms with Gasteiger partial charge >= 0.3 is 18.1 Å². The van der Waals surface area contributed by atoms with Crippen LogP contribution in [-0.4, -0.2) is 60.0 Å². The highest BCUT2D eigenvalue weighted by Gasteiger charge is 2.38. The van der Waals surface area contributed by atoms with Crippen LogP contribution in [0.5, 0.6) is 0 Å². The molecule has 0 unspecified atom stereocenters. The van der Waals surface area contributed by atoms with Gasteiger partial charge < -0.3 is 20.5 Å². The van der Waals surface area contributed by atoms with E-state index in [1.807, 2.05) is 6.07 Å². The fourth-order valence-electron chi connectivity index (χ4n) is 4.00. The minimum atomic E-state index is -5.08. The summed E-state index contributed by atoms with van der Waals surface area (Å²) in [7, 11) is 0. The number of carbonyl (C=O) groups is 4. The van der Waals surface area contributed by atoms with Gasteiger partial charge in [-0.05, 0) is 25.8 Å². The zero-order valence-corrected chi connectivity index (χ0v) is 18.7. The summed E-state index contributed by atoms with van der Waals surface area (Å²) in [5, 5.41) is 7.12. The Bertz CT molecular complexity index is 1160. The second-order valence-corrected chi connectivity index (χ2v) is 8.11. The molecular formula is C24H23F3N2O6. The van der Waals surface area contributed by atoms with Gasteiger partial charge in [-0.1, -0.05) is 36.4 Å². The van der Waals surface area contributed by atoms with Crippen LogP contribution >= 0.6 is 0 Å². The minimum Gasteiger partial charge on any atom is -0.475 e. The van der Waals surface area contributed by atoms with Crippen LogP contribution in [0.15, 0.2) is 42.5 Å². The number of carboxylic acid groups (broad SMARTS) is 1. The molecule has 0 bridgehead atoms. The molecule has 0 amide bonds. The van der Waals surface area contributed by atoms with E-state index in [9.17, 15) is 27.6 Å². The van der Waals surface area contributed by atoms with Crippen molar-refractivity contribution in [2.75, 3.05) is 18.1 Å². The summed E-state index contributed by atoms with van der Waals surface area (Å²) in [6, 6.07) is 11.6. The lowest BCUT2D eigenvalue weighted by atomic mass is 9.83. The number of hydrogen-bond donors (Lipinski definition) is 2. The quantitative estimate of drug-likeness (QED) is 0.533. The van der Waals surface area contributed by atoms with Crippen LogP contribution in [0.4, 0.5) is 18.9 Å². The monoisotopic (exact) mass is 492 g/mol. The van der Waals surface area contributed by atoms with E-state index < -0.39 is 24.2 Å². The van der Waals surface area contributed by atoms with Crippen LogP contribution in [0, 0.1) is 0 Å². The Hall–Kier alpha value is -3.73. The van der Waals surface area contributed by atoms with E-state index in [0.717, 1.165) is 25.1 Å². The van der Waals surface area contributed by atoms with Gasteiger partial charge in [0.2, 0.25) is 0 Å². The predicted octanol–water partition coefficient (Wildman–Crippen LogP) is 2.95. The van der Waals surface area contributed by atoms with E-state index in [4.69, 9.17) is 20.4 Å². The van der Waals surface area contributed by atoms with Crippen molar-refractivity contribution in [3.8, 4) is 0 Å². The van der Waals surface area contributed by atoms with Gasteiger partial charge in [0.1, 0.15) is 12.6 Å². The number of hydrogen-bond acceptors (Lipinski definition) is 7. The van der Waals surface area contributed by atoms with Gasteiger partial charge in [-0.15, -0.1) is 0 Å². The average Bonchev–Trinajstić information content (AvgIpc) is 3.28. The topological polar surface area (TPSA) is 127 Å². The average molecular weight is 492 g/mol. The Morgan fingerprint density at radius 2 is 1.66 bits per heavy atom. The first-order chi connectivity index (χ1) is 16.4. The number of fused-ring (bicyclic) bond motifs is 2. The molecule has 0 saturated carbocycles. The maximum absolute atomic E-state index is 13.2. The van der Waals surface area contributed by atoms with Crippen molar-refractivity contribution in [2.24, 2.45) is 5.73 Å². The molecule has 1 heterocycles. The number of rotatable bonds is 4. The Labute approximate surface area is 198 Å². The number of nitrogens with two attached hydrogens (primary N) is 1. The number of esters is 1. The van der Waals surface area contributed by atoms with Gasteiger partial charge in [-0.2, -0.15) is 13.2 Å². The van der Waals surface area contributed by atoms with Gasteiger partial charge in [0.25, 0.3) is 0 Å². The molecule has 0 radical (unpaired) electrons. The number of aliphatic carboxylic acids is 1. The molecule has 4 rings (SSSR count). The molecule has 2 aromatic rings. The van der Waals surface area contributed by atoms with Crippen molar-refractivity contribution >= 4 is 29.2 Å². The first kappa shape index (κ1) is 25.9. The maximum Gasteiger partial charge on any atom is 0.490 e. The first-order valence-corrected chi connectivity index (χ1v) is 10.7. The molecule has 0 spiro atoms. The molecule has 11 heteroatoms. The zero-order valence-electron chi connectivity index (χ0n) is 18.7. The smallest absolute Gasteiger partial charge is 0.475 e. The third-order valence-electron chi connectivity index (χ3n) is 5.65. The number of nitrogens with zero attached hydrogens (tertiary/aromatic N) is 1. The molecule has 1 fully saturated rings. The lowest BCUT2D eigenvalue weighted by Gasteiger charge is -2.30. The second kappa shape index (κ2) is 10.3. The van der Waals surface area contributed by atoms with Crippen molar-refractivity contribution in [3.05, 3.63) is 64.7 Å². The second-order valence-electron chi connectivity index (χ2n) is 8.11. The number of carbonyl (C=O) groups excluding carboxylic acids is 3. The van der Waals surface area contributed by atoms with Crippen LogP contribution in [-0.2, 0) is 14.3 Å². The highest BCUT2D eigenvalue weighted by molar-refractivity contribution is 6.30. The number of anilines is 1. The van der Waals surface area contributed by atoms with Gasteiger partial charge in [-0.25, -0.2) is 4.79 Å². The lowest BCUT2D eigenvalue weighted by Crippen LogP contribution is -2.38. The van der Waals surface area contributed by atoms with Crippen LogP contribution in [0.3, 0.4) is 0 Å². The van der Waals surface area contributed by atoms with Crippen LogP contribution in [0.2, 0.25) is 0 Å². The summed E-state index contributed by atoms with van der Waals surface area (Å²) in [6.07, 6.45) is -3.32. The number of ketones is 2. The number of ether oxygens (including phenoxy) is 1. The standard InChI is InChI=1S/C22H22N2O4.C2HF3O2/c1-13(23)22(27)28-12-14-6-5-11-24(14)18-10-4-9-17-19(18)21(26)16-8-3-2-7-15(16)20(17)25;3-2(4,5)1(6)7/h2-4,7-10,13-14H,5-6,11-12,23H2,1H3;(H,6,7)/t13-,14-;/m0./s1. The summed E-state index contributed by atoms with van der Waals surface area (Å²) >= 11 is 0. The molecule has 1 aliphatic heterocycles. The van der Waals surface area contributed by atoms with E-state index in [2.05, 4.69) is 4.90 Å². The van der Waals surface area contributed by atoms with Crippen molar-refractivity contribution in [2.45, 2.75) is 38.0 Å². The van der Waals surface area contributed by atoms with Crippen LogP contribution in [0.1, 0.15) is 51.6 Å². The fraction of sp³-hybridized carbons (Fsp3) is 0.333. The van der Waals surface area contributed by atoms with Crippen molar-refractivity contribution in [3.63, 3.8) is 0 Å². The Balaban J connectivity index is 0.000000429. The first-order valence-electron chi connectivity index (χ1n) is 10.7. The SMILES string of the molecule is C[C@H](N)C(=O)OC[C@@H]1CCCN1c1cccc2c1C(=O)c1ccccc1C2=O.O=C(O)C(F)(F)F. The number of carboxylic acids is 1. The molecule has 2 atom stereocenters. The normalized spacial score (nSPS) is 17.6. The van der Waals surface area contributed by atoms with E-state index in [1.54, 1.807) is 43.3 Å². The molecular weight excluding hydrogens is 469 g/mol. The zero-order chi connectivity index (χ0) is 25.9. The third-order valence-corrected chi connectivity index (χ3v) is 5.65. The van der Waals surface area contributed by atoms with Crippen molar-refractivity contribution in [1.29, 1.82) is 0 Å². The Morgan fingerprint density at radius 3 is 2.23 bits per heavy atom. The van der Waals surface area contributed by atoms with Crippen molar-refractivity contribution < 1.29 is 42.2 Å². The molecule has 3 N–H and O–H groups in total. The third kappa shape index (κ3) is 5.51.